The van der Waals surface area contributed by atoms with E-state index in [4.69, 9.17) is 10.5 Å². The van der Waals surface area contributed by atoms with Gasteiger partial charge in [-0.2, -0.15) is 0 Å². The summed E-state index contributed by atoms with van der Waals surface area (Å²) >= 11 is 0. The molecule has 1 aromatic carbocycles. The summed E-state index contributed by atoms with van der Waals surface area (Å²) in [7, 11) is 0. The number of rotatable bonds is 5. The Hall–Kier alpha value is -1.52. The highest BCUT2D eigenvalue weighted by Crippen LogP contribution is 2.20. The number of hydrogen-bond donors (Lipinski definition) is 1. The molecule has 5 heteroatoms. The fraction of sp³-hybridized carbons (Fsp3) is 0.308. The largest absolute Gasteiger partial charge is 0.470 e. The fourth-order valence-corrected chi connectivity index (χ4v) is 1.70. The molecule has 2 rings (SSSR count). The van der Waals surface area contributed by atoms with E-state index in [1.165, 1.54) is 0 Å². The van der Waals surface area contributed by atoms with E-state index < -0.39 is 0 Å². The third-order valence-corrected chi connectivity index (χ3v) is 2.61. The van der Waals surface area contributed by atoms with Crippen molar-refractivity contribution in [2.24, 2.45) is 5.73 Å². The number of benzene rings is 1. The molecule has 0 radical (unpaired) electrons. The number of nitrogens with two attached hydrogens (primary N) is 1. The van der Waals surface area contributed by atoms with E-state index in [-0.39, 0.29) is 18.6 Å². The Labute approximate surface area is 113 Å². The van der Waals surface area contributed by atoms with Crippen molar-refractivity contribution in [3.63, 3.8) is 0 Å². The van der Waals surface area contributed by atoms with Gasteiger partial charge in [0.15, 0.2) is 6.23 Å². The molecule has 1 heterocycles. The zero-order chi connectivity index (χ0) is 12.1. The lowest BCUT2D eigenvalue weighted by atomic mass is 10.2. The van der Waals surface area contributed by atoms with Crippen molar-refractivity contribution < 1.29 is 4.74 Å². The van der Waals surface area contributed by atoms with Crippen molar-refractivity contribution in [2.45, 2.75) is 26.1 Å². The lowest BCUT2D eigenvalue weighted by molar-refractivity contribution is 0.127. The molecule has 1 atom stereocenters. The first-order chi connectivity index (χ1) is 8.33. The van der Waals surface area contributed by atoms with Gasteiger partial charge in [-0.1, -0.05) is 19.1 Å². The summed E-state index contributed by atoms with van der Waals surface area (Å²) in [4.78, 5) is 4.03. The van der Waals surface area contributed by atoms with Crippen LogP contribution in [-0.2, 0) is 6.54 Å². The van der Waals surface area contributed by atoms with E-state index >= 15 is 0 Å². The van der Waals surface area contributed by atoms with Crippen molar-refractivity contribution in [3.8, 4) is 5.75 Å². The number of halogens is 1. The van der Waals surface area contributed by atoms with E-state index in [2.05, 4.69) is 11.9 Å². The molecule has 0 aliphatic carbocycles. The Morgan fingerprint density at radius 1 is 1.44 bits per heavy atom. The molecule has 2 aromatic rings. The molecule has 0 aliphatic rings. The Morgan fingerprint density at radius 3 is 2.89 bits per heavy atom. The number of nitrogens with zero attached hydrogens (tertiary/aromatic N) is 2. The molecule has 1 unspecified atom stereocenters. The second kappa shape index (κ2) is 7.03. The van der Waals surface area contributed by atoms with Gasteiger partial charge < -0.3 is 15.0 Å². The number of ether oxygens (including phenoxy) is 1. The van der Waals surface area contributed by atoms with E-state index in [0.29, 0.717) is 6.54 Å². The first-order valence-corrected chi connectivity index (χ1v) is 5.76. The molecule has 2 N–H and O–H groups in total. The van der Waals surface area contributed by atoms with E-state index in [0.717, 1.165) is 17.7 Å². The molecule has 0 aliphatic heterocycles. The molecule has 4 nitrogen and oxygen atoms in total. The average Bonchev–Trinajstić information content (AvgIpc) is 2.90. The predicted octanol–water partition coefficient (Wildman–Crippen LogP) is 2.75. The number of hydrogen-bond acceptors (Lipinski definition) is 3. The predicted molar refractivity (Wildman–Crippen MR) is 73.8 cm³/mol. The molecule has 1 aromatic heterocycles. The zero-order valence-corrected chi connectivity index (χ0v) is 11.1. The molecule has 0 saturated heterocycles. The van der Waals surface area contributed by atoms with Crippen molar-refractivity contribution in [3.05, 3.63) is 48.5 Å². The van der Waals surface area contributed by atoms with Gasteiger partial charge in [0.05, 0.1) is 6.33 Å². The van der Waals surface area contributed by atoms with Crippen LogP contribution < -0.4 is 10.5 Å². The van der Waals surface area contributed by atoms with Crippen molar-refractivity contribution in [2.75, 3.05) is 0 Å². The highest BCUT2D eigenvalue weighted by Gasteiger charge is 2.09. The molecule has 0 saturated carbocycles. The molecule has 18 heavy (non-hydrogen) atoms. The smallest absolute Gasteiger partial charge is 0.176 e. The Balaban J connectivity index is 0.00000162. The van der Waals surface area contributed by atoms with Gasteiger partial charge in [-0.25, -0.2) is 4.98 Å². The normalized spacial score (nSPS) is 11.7. The Morgan fingerprint density at radius 2 is 2.28 bits per heavy atom. The van der Waals surface area contributed by atoms with Crippen LogP contribution in [0.4, 0.5) is 0 Å². The summed E-state index contributed by atoms with van der Waals surface area (Å²) < 4.78 is 7.87. The molecule has 0 fully saturated rings. The van der Waals surface area contributed by atoms with Gasteiger partial charge in [0, 0.05) is 25.4 Å². The quantitative estimate of drug-likeness (QED) is 0.906. The average molecular weight is 268 g/mol. The minimum Gasteiger partial charge on any atom is -0.470 e. The summed E-state index contributed by atoms with van der Waals surface area (Å²) in [5, 5.41) is 0. The standard InChI is InChI=1S/C13H17N3O.ClH/c1-2-13(16-7-6-15-10-16)17-12-5-3-4-11(8-12)9-14;/h3-8,10,13H,2,9,14H2,1H3;1H. The van der Waals surface area contributed by atoms with Gasteiger partial charge in [-0.05, 0) is 17.7 Å². The Kier molecular flexibility index (Phi) is 5.68. The highest BCUT2D eigenvalue weighted by molar-refractivity contribution is 5.85. The first-order valence-electron chi connectivity index (χ1n) is 5.76. The number of imidazole rings is 1. The first kappa shape index (κ1) is 14.5. The summed E-state index contributed by atoms with van der Waals surface area (Å²) in [5.41, 5.74) is 6.68. The van der Waals surface area contributed by atoms with Crippen LogP contribution in [-0.4, -0.2) is 9.55 Å². The van der Waals surface area contributed by atoms with Gasteiger partial charge in [0.25, 0.3) is 0 Å². The third-order valence-electron chi connectivity index (χ3n) is 2.61. The molecular weight excluding hydrogens is 250 g/mol. The summed E-state index contributed by atoms with van der Waals surface area (Å²) in [6.07, 6.45) is 6.28. The van der Waals surface area contributed by atoms with Gasteiger partial charge >= 0.3 is 0 Å². The van der Waals surface area contributed by atoms with Gasteiger partial charge in [-0.15, -0.1) is 12.4 Å². The summed E-state index contributed by atoms with van der Waals surface area (Å²) in [6, 6.07) is 7.86. The molecule has 0 spiro atoms. The second-order valence-electron chi connectivity index (χ2n) is 3.84. The van der Waals surface area contributed by atoms with Crippen LogP contribution in [0.15, 0.2) is 43.0 Å². The SMILES string of the molecule is CCC(Oc1cccc(CN)c1)n1ccnc1.Cl. The monoisotopic (exact) mass is 267 g/mol. The highest BCUT2D eigenvalue weighted by atomic mass is 35.5. The van der Waals surface area contributed by atoms with E-state index in [9.17, 15) is 0 Å². The fourth-order valence-electron chi connectivity index (χ4n) is 1.70. The van der Waals surface area contributed by atoms with Crippen LogP contribution in [0.3, 0.4) is 0 Å². The maximum Gasteiger partial charge on any atom is 0.176 e. The van der Waals surface area contributed by atoms with Crippen LogP contribution >= 0.6 is 12.4 Å². The second-order valence-corrected chi connectivity index (χ2v) is 3.84. The van der Waals surface area contributed by atoms with Crippen LogP contribution in [0.5, 0.6) is 5.75 Å². The van der Waals surface area contributed by atoms with Gasteiger partial charge in [-0.3, -0.25) is 0 Å². The minimum absolute atomic E-state index is 0. The summed E-state index contributed by atoms with van der Waals surface area (Å²) in [6.45, 7) is 2.61. The number of aromatic nitrogens is 2. The lowest BCUT2D eigenvalue weighted by Crippen LogP contribution is -2.13. The molecule has 0 amide bonds. The third kappa shape index (κ3) is 3.48. The van der Waals surface area contributed by atoms with Crippen LogP contribution in [0.1, 0.15) is 25.1 Å². The molecule has 0 bridgehead atoms. The van der Waals surface area contributed by atoms with Gasteiger partial charge in [0.2, 0.25) is 0 Å². The molecule has 98 valence electrons. The van der Waals surface area contributed by atoms with Crippen LogP contribution in [0, 0.1) is 0 Å². The topological polar surface area (TPSA) is 53.1 Å². The summed E-state index contributed by atoms with van der Waals surface area (Å²) in [5.74, 6) is 0.841. The zero-order valence-electron chi connectivity index (χ0n) is 10.3. The van der Waals surface area contributed by atoms with Crippen molar-refractivity contribution >= 4 is 12.4 Å². The van der Waals surface area contributed by atoms with E-state index in [1.807, 2.05) is 35.0 Å². The maximum atomic E-state index is 5.92. The molecular formula is C13H18ClN3O. The van der Waals surface area contributed by atoms with E-state index in [1.54, 1.807) is 12.5 Å². The van der Waals surface area contributed by atoms with Crippen LogP contribution in [0.2, 0.25) is 0 Å². The van der Waals surface area contributed by atoms with Gasteiger partial charge in [0.1, 0.15) is 5.75 Å². The lowest BCUT2D eigenvalue weighted by Gasteiger charge is -2.19. The maximum absolute atomic E-state index is 5.92. The minimum atomic E-state index is -0.0227. The van der Waals surface area contributed by atoms with Crippen LogP contribution in [0.25, 0.3) is 0 Å². The van der Waals surface area contributed by atoms with Crippen molar-refractivity contribution in [1.82, 2.24) is 9.55 Å². The Bertz CT molecular complexity index is 459. The van der Waals surface area contributed by atoms with Crippen molar-refractivity contribution in [1.29, 1.82) is 0 Å².